The normalized spacial score (nSPS) is 21.4. The van der Waals surface area contributed by atoms with E-state index in [1.165, 1.54) is 45.1 Å². The fourth-order valence-corrected chi connectivity index (χ4v) is 6.45. The molecular weight excluding hydrogens is 540 g/mol. The molecule has 2 aromatic rings. The quantitative estimate of drug-likeness (QED) is 0.516. The summed E-state index contributed by atoms with van der Waals surface area (Å²) in [7, 11) is 1.22. The predicted octanol–water partition coefficient (Wildman–Crippen LogP) is 2.82. The standard InChI is InChI=1S/C33H39N2O.ClHO4/c1-32(2)25-15-8-10-17-27(25)34(5)29(32)21-19-23-13-12-14-24(31(23)36-7)20-22-30-33(3,4)26-16-9-11-18-28(26)35(30)6;2-1(3,4)5/h8-11,15-22H,12-14H2,1-7H3;(H,2,3,4,5)/q+1;/p-1. The Morgan fingerprint density at radius 1 is 0.854 bits per heavy atom. The third kappa shape index (κ3) is 6.20. The van der Waals surface area contributed by atoms with Crippen LogP contribution in [-0.2, 0) is 15.6 Å². The second-order valence-electron chi connectivity index (χ2n) is 11.7. The summed E-state index contributed by atoms with van der Waals surface area (Å²) in [6.07, 6.45) is 12.4. The van der Waals surface area contributed by atoms with Gasteiger partial charge < -0.3 is 9.64 Å². The zero-order chi connectivity index (χ0) is 30.2. The number of nitrogens with zero attached hydrogens (tertiary/aromatic N) is 2. The van der Waals surface area contributed by atoms with Crippen molar-refractivity contribution in [2.24, 2.45) is 0 Å². The van der Waals surface area contributed by atoms with E-state index < -0.39 is 10.2 Å². The van der Waals surface area contributed by atoms with Gasteiger partial charge in [0.05, 0.1) is 12.5 Å². The molecule has 1 aliphatic carbocycles. The van der Waals surface area contributed by atoms with Crippen LogP contribution in [-0.4, -0.2) is 31.5 Å². The Morgan fingerprint density at radius 3 is 2.07 bits per heavy atom. The van der Waals surface area contributed by atoms with Gasteiger partial charge in [0.1, 0.15) is 12.8 Å². The summed E-state index contributed by atoms with van der Waals surface area (Å²) >= 11 is 0. The molecule has 0 saturated heterocycles. The average Bonchev–Trinajstić information content (AvgIpc) is 3.23. The Bertz CT molecular complexity index is 1470. The van der Waals surface area contributed by atoms with E-state index in [0.29, 0.717) is 0 Å². The van der Waals surface area contributed by atoms with Crippen molar-refractivity contribution >= 4 is 17.1 Å². The number of allylic oxidation sites excluding steroid dienone is 7. The smallest absolute Gasteiger partial charge is 0.209 e. The molecule has 2 heterocycles. The fraction of sp³-hybridized carbons (Fsp3) is 0.364. The second-order valence-corrected chi connectivity index (χ2v) is 12.4. The number of hydrogen-bond acceptors (Lipinski definition) is 6. The summed E-state index contributed by atoms with van der Waals surface area (Å²) in [6.45, 7) is 9.27. The van der Waals surface area contributed by atoms with E-state index in [2.05, 4.69) is 124 Å². The van der Waals surface area contributed by atoms with Gasteiger partial charge in [-0.15, -0.1) is 10.2 Å². The molecule has 0 N–H and O–H groups in total. The summed E-state index contributed by atoms with van der Waals surface area (Å²) in [5.74, 6) is 1.03. The van der Waals surface area contributed by atoms with Crippen LogP contribution >= 0.6 is 0 Å². The topological polar surface area (TPSA) is 108 Å². The molecule has 0 saturated carbocycles. The number of benzene rings is 2. The van der Waals surface area contributed by atoms with E-state index >= 15 is 0 Å². The lowest BCUT2D eigenvalue weighted by Gasteiger charge is -2.24. The molecule has 0 aromatic heterocycles. The minimum Gasteiger partial charge on any atom is -0.496 e. The van der Waals surface area contributed by atoms with Crippen LogP contribution in [0.2, 0.25) is 0 Å². The first-order chi connectivity index (χ1) is 19.2. The first-order valence-electron chi connectivity index (χ1n) is 13.7. The van der Waals surface area contributed by atoms with Crippen LogP contribution in [0.15, 0.2) is 95.4 Å². The van der Waals surface area contributed by atoms with Gasteiger partial charge in [0, 0.05) is 41.6 Å². The van der Waals surface area contributed by atoms with Crippen molar-refractivity contribution in [2.75, 3.05) is 26.1 Å². The summed E-state index contributed by atoms with van der Waals surface area (Å²) in [4.78, 5) is 2.33. The van der Waals surface area contributed by atoms with Gasteiger partial charge in [0.15, 0.2) is 5.71 Å². The number of likely N-dealkylation sites (N-methyl/N-ethyl adjacent to an activating group) is 1. The molecule has 3 aliphatic rings. The maximum absolute atomic E-state index is 8.49. The van der Waals surface area contributed by atoms with Crippen LogP contribution in [0.4, 0.5) is 11.4 Å². The van der Waals surface area contributed by atoms with E-state index in [-0.39, 0.29) is 10.8 Å². The fourth-order valence-electron chi connectivity index (χ4n) is 6.45. The number of methoxy groups -OCH3 is 1. The molecule has 2 aliphatic heterocycles. The summed E-state index contributed by atoms with van der Waals surface area (Å²) in [5, 5.41) is 0. The zero-order valence-corrected chi connectivity index (χ0v) is 25.6. The predicted molar refractivity (Wildman–Crippen MR) is 151 cm³/mol. The Labute approximate surface area is 245 Å². The first-order valence-corrected chi connectivity index (χ1v) is 14.9. The van der Waals surface area contributed by atoms with Gasteiger partial charge in [-0.25, -0.2) is 18.6 Å². The Balaban J connectivity index is 0.000000714. The Kier molecular flexibility index (Phi) is 8.69. The lowest BCUT2D eigenvalue weighted by Crippen LogP contribution is -2.68. The number of para-hydroxylation sites is 2. The molecular formula is C33H39ClN2O5. The molecule has 0 unspecified atom stereocenters. The van der Waals surface area contributed by atoms with Crippen molar-refractivity contribution in [1.82, 2.24) is 0 Å². The van der Waals surface area contributed by atoms with Crippen molar-refractivity contribution < 1.29 is 38.2 Å². The van der Waals surface area contributed by atoms with Gasteiger partial charge in [-0.3, -0.25) is 0 Å². The summed E-state index contributed by atoms with van der Waals surface area (Å²) in [6, 6.07) is 17.5. The number of ether oxygens (including phenoxy) is 1. The number of anilines is 1. The molecule has 7 nitrogen and oxygen atoms in total. The van der Waals surface area contributed by atoms with Gasteiger partial charge in [0.2, 0.25) is 5.69 Å². The third-order valence-corrected chi connectivity index (χ3v) is 8.45. The molecule has 0 atom stereocenters. The molecule has 218 valence electrons. The maximum atomic E-state index is 8.49. The minimum atomic E-state index is -4.94. The molecule has 0 bridgehead atoms. The van der Waals surface area contributed by atoms with E-state index in [0.717, 1.165) is 25.0 Å². The number of fused-ring (bicyclic) bond motifs is 2. The average molecular weight is 579 g/mol. The maximum Gasteiger partial charge on any atom is 0.209 e. The van der Waals surface area contributed by atoms with Gasteiger partial charge in [0.25, 0.3) is 0 Å². The highest BCUT2D eigenvalue weighted by Gasteiger charge is 2.42. The molecule has 0 spiro atoms. The second kappa shape index (κ2) is 11.6. The molecule has 0 radical (unpaired) electrons. The van der Waals surface area contributed by atoms with Crippen LogP contribution in [0.25, 0.3) is 0 Å². The summed E-state index contributed by atoms with van der Waals surface area (Å²) in [5.41, 5.74) is 10.5. The number of rotatable bonds is 4. The molecule has 5 rings (SSSR count). The molecule has 2 aromatic carbocycles. The lowest BCUT2D eigenvalue weighted by atomic mass is 9.81. The van der Waals surface area contributed by atoms with E-state index in [4.69, 9.17) is 23.4 Å². The van der Waals surface area contributed by atoms with Crippen LogP contribution in [0.3, 0.4) is 0 Å². The van der Waals surface area contributed by atoms with E-state index in [1.54, 1.807) is 0 Å². The van der Waals surface area contributed by atoms with Gasteiger partial charge in [-0.1, -0.05) is 56.3 Å². The van der Waals surface area contributed by atoms with Gasteiger partial charge in [-0.05, 0) is 68.0 Å². The highest BCUT2D eigenvalue weighted by atomic mass is 35.7. The van der Waals surface area contributed by atoms with E-state index in [9.17, 15) is 0 Å². The summed E-state index contributed by atoms with van der Waals surface area (Å²) < 4.78 is 42.3. The van der Waals surface area contributed by atoms with Crippen LogP contribution in [0.1, 0.15) is 58.1 Å². The van der Waals surface area contributed by atoms with Crippen molar-refractivity contribution in [3.63, 3.8) is 0 Å². The molecule has 41 heavy (non-hydrogen) atoms. The van der Waals surface area contributed by atoms with Crippen molar-refractivity contribution in [3.05, 3.63) is 107 Å². The van der Waals surface area contributed by atoms with Gasteiger partial charge in [-0.2, -0.15) is 4.58 Å². The highest BCUT2D eigenvalue weighted by molar-refractivity contribution is 6.03. The largest absolute Gasteiger partial charge is 0.496 e. The highest BCUT2D eigenvalue weighted by Crippen LogP contribution is 2.47. The zero-order valence-electron chi connectivity index (χ0n) is 24.9. The van der Waals surface area contributed by atoms with Crippen molar-refractivity contribution in [2.45, 2.75) is 57.8 Å². The molecule has 0 amide bonds. The number of halogens is 1. The molecule has 0 fully saturated rings. The SMILES string of the molecule is COC1=C(C=CC2=[N+](C)c3ccccc3C2(C)C)CCCC1=CC=C1N(C)c2ccccc2C1(C)C.[O-][Cl+3]([O-])([O-])[O-]. The van der Waals surface area contributed by atoms with E-state index in [1.807, 2.05) is 7.11 Å². The monoisotopic (exact) mass is 578 g/mol. The third-order valence-electron chi connectivity index (χ3n) is 8.45. The Hall–Kier alpha value is -3.20. The number of hydrogen-bond donors (Lipinski definition) is 0. The Morgan fingerprint density at radius 2 is 1.46 bits per heavy atom. The molecule has 8 heteroatoms. The van der Waals surface area contributed by atoms with Crippen LogP contribution in [0, 0.1) is 10.2 Å². The van der Waals surface area contributed by atoms with Gasteiger partial charge >= 0.3 is 0 Å². The minimum absolute atomic E-state index is 0.0267. The van der Waals surface area contributed by atoms with Crippen LogP contribution < -0.4 is 23.5 Å². The lowest BCUT2D eigenvalue weighted by molar-refractivity contribution is -2.00. The van der Waals surface area contributed by atoms with Crippen LogP contribution in [0.5, 0.6) is 0 Å². The van der Waals surface area contributed by atoms with Crippen molar-refractivity contribution in [1.29, 1.82) is 0 Å². The first kappa shape index (κ1) is 30.8. The van der Waals surface area contributed by atoms with Crippen molar-refractivity contribution in [3.8, 4) is 0 Å².